The van der Waals surface area contributed by atoms with Gasteiger partial charge in [-0.05, 0) is 70.8 Å². The summed E-state index contributed by atoms with van der Waals surface area (Å²) < 4.78 is 2.35. The third kappa shape index (κ3) is 3.19. The van der Waals surface area contributed by atoms with E-state index in [4.69, 9.17) is 11.6 Å². The molecule has 1 nitrogen and oxygen atoms in total. The van der Waals surface area contributed by atoms with Crippen LogP contribution in [-0.4, -0.2) is 4.57 Å². The Kier molecular flexibility index (Phi) is 4.56. The highest BCUT2D eigenvalue weighted by atomic mass is 35.5. The van der Waals surface area contributed by atoms with Crippen molar-refractivity contribution in [3.05, 3.63) is 126 Å². The number of hydrogen-bond donors (Lipinski definition) is 0. The predicted octanol–water partition coefficient (Wildman–Crippen LogP) is 8.77. The van der Waals surface area contributed by atoms with Gasteiger partial charge in [0, 0.05) is 21.5 Å². The Morgan fingerprint density at radius 3 is 1.47 bits per heavy atom. The lowest BCUT2D eigenvalue weighted by atomic mass is 10.0. The molecular weight excluding hydrogens is 410 g/mol. The number of nitrogens with zero attached hydrogens (tertiary/aromatic N) is 1. The van der Waals surface area contributed by atoms with Crippen molar-refractivity contribution < 1.29 is 0 Å². The molecule has 6 aromatic rings. The molecule has 0 fully saturated rings. The molecule has 2 heteroatoms. The first-order chi connectivity index (χ1) is 15.8. The lowest BCUT2D eigenvalue weighted by Gasteiger charge is -2.08. The van der Waals surface area contributed by atoms with Crippen molar-refractivity contribution in [2.45, 2.75) is 0 Å². The second kappa shape index (κ2) is 7.71. The van der Waals surface area contributed by atoms with E-state index in [1.807, 2.05) is 12.1 Å². The minimum Gasteiger partial charge on any atom is -0.309 e. The van der Waals surface area contributed by atoms with E-state index in [-0.39, 0.29) is 0 Å². The number of rotatable bonds is 3. The molecule has 0 aliphatic heterocycles. The smallest absolute Gasteiger partial charge is 0.0541 e. The van der Waals surface area contributed by atoms with Crippen LogP contribution in [0, 0.1) is 0 Å². The van der Waals surface area contributed by atoms with E-state index in [2.05, 4.69) is 114 Å². The van der Waals surface area contributed by atoms with E-state index in [0.717, 1.165) is 10.6 Å². The molecule has 152 valence electrons. The Labute approximate surface area is 192 Å². The molecule has 6 rings (SSSR count). The Balaban J connectivity index is 1.65. The summed E-state index contributed by atoms with van der Waals surface area (Å²) in [5, 5.41) is 3.25. The zero-order valence-corrected chi connectivity index (χ0v) is 18.1. The fraction of sp³-hybridized carbons (Fsp3) is 0. The minimum atomic E-state index is 0.753. The van der Waals surface area contributed by atoms with Crippen molar-refractivity contribution >= 4 is 33.4 Å². The second-order valence-corrected chi connectivity index (χ2v) is 8.44. The highest BCUT2D eigenvalue weighted by Crippen LogP contribution is 2.37. The molecule has 0 saturated carbocycles. The average molecular weight is 430 g/mol. The van der Waals surface area contributed by atoms with Gasteiger partial charge in [0.25, 0.3) is 0 Å². The summed E-state index contributed by atoms with van der Waals surface area (Å²) in [5.41, 5.74) is 8.38. The summed E-state index contributed by atoms with van der Waals surface area (Å²) in [7, 11) is 0. The van der Waals surface area contributed by atoms with Crippen molar-refractivity contribution in [1.29, 1.82) is 0 Å². The third-order valence-electron chi connectivity index (χ3n) is 6.06. The third-order valence-corrected chi connectivity index (χ3v) is 6.32. The van der Waals surface area contributed by atoms with E-state index in [0.29, 0.717) is 0 Å². The topological polar surface area (TPSA) is 4.93 Å². The number of benzene rings is 5. The summed E-state index contributed by atoms with van der Waals surface area (Å²) in [6.45, 7) is 0. The van der Waals surface area contributed by atoms with Crippen LogP contribution in [0.15, 0.2) is 121 Å². The van der Waals surface area contributed by atoms with Gasteiger partial charge >= 0.3 is 0 Å². The van der Waals surface area contributed by atoms with Crippen LogP contribution in [-0.2, 0) is 0 Å². The molecular formula is C30H20ClN. The van der Waals surface area contributed by atoms with E-state index in [1.165, 1.54) is 44.2 Å². The Morgan fingerprint density at radius 1 is 0.438 bits per heavy atom. The van der Waals surface area contributed by atoms with Gasteiger partial charge in [-0.3, -0.25) is 0 Å². The summed E-state index contributed by atoms with van der Waals surface area (Å²) in [6, 6.07) is 42.7. The lowest BCUT2D eigenvalue weighted by Crippen LogP contribution is -1.93. The van der Waals surface area contributed by atoms with E-state index < -0.39 is 0 Å². The summed E-state index contributed by atoms with van der Waals surface area (Å²) in [5.74, 6) is 0. The molecule has 0 amide bonds. The van der Waals surface area contributed by atoms with Crippen LogP contribution < -0.4 is 0 Å². The lowest BCUT2D eigenvalue weighted by molar-refractivity contribution is 1.18. The molecule has 32 heavy (non-hydrogen) atoms. The van der Waals surface area contributed by atoms with Crippen LogP contribution in [0.2, 0.25) is 5.02 Å². The summed E-state index contributed by atoms with van der Waals surface area (Å²) in [4.78, 5) is 0. The standard InChI is InChI=1S/C30H20ClN/c31-25-15-11-22(12-16-25)24-14-18-30-28(20-24)27-19-23(21-7-3-1-4-8-21)13-17-29(27)32(30)26-9-5-2-6-10-26/h1-20H. The van der Waals surface area contributed by atoms with Gasteiger partial charge < -0.3 is 4.57 Å². The number of para-hydroxylation sites is 1. The molecule has 0 atom stereocenters. The van der Waals surface area contributed by atoms with Crippen molar-refractivity contribution in [2.75, 3.05) is 0 Å². The number of hydrogen-bond acceptors (Lipinski definition) is 0. The Morgan fingerprint density at radius 2 is 0.906 bits per heavy atom. The highest BCUT2D eigenvalue weighted by Gasteiger charge is 2.14. The summed E-state index contributed by atoms with van der Waals surface area (Å²) >= 11 is 6.12. The molecule has 0 radical (unpaired) electrons. The van der Waals surface area contributed by atoms with Crippen molar-refractivity contribution in [2.24, 2.45) is 0 Å². The summed E-state index contributed by atoms with van der Waals surface area (Å²) in [6.07, 6.45) is 0. The highest BCUT2D eigenvalue weighted by molar-refractivity contribution is 6.30. The molecule has 0 spiro atoms. The molecule has 1 aromatic heterocycles. The Bertz CT molecular complexity index is 1550. The molecule has 0 aliphatic rings. The SMILES string of the molecule is Clc1ccc(-c2ccc3c(c2)c2cc(-c4ccccc4)ccc2n3-c2ccccc2)cc1. The van der Waals surface area contributed by atoms with Gasteiger partial charge in [0.2, 0.25) is 0 Å². The first-order valence-electron chi connectivity index (χ1n) is 10.7. The number of fused-ring (bicyclic) bond motifs is 3. The monoisotopic (exact) mass is 429 g/mol. The maximum atomic E-state index is 6.12. The zero-order valence-electron chi connectivity index (χ0n) is 17.4. The quantitative estimate of drug-likeness (QED) is 0.265. The second-order valence-electron chi connectivity index (χ2n) is 8.01. The fourth-order valence-corrected chi connectivity index (χ4v) is 4.64. The van der Waals surface area contributed by atoms with E-state index >= 15 is 0 Å². The molecule has 0 unspecified atom stereocenters. The molecule has 5 aromatic carbocycles. The van der Waals surface area contributed by atoms with Crippen molar-refractivity contribution in [3.63, 3.8) is 0 Å². The predicted molar refractivity (Wildman–Crippen MR) is 137 cm³/mol. The Hall–Kier alpha value is -3.81. The maximum absolute atomic E-state index is 6.12. The van der Waals surface area contributed by atoms with Crippen LogP contribution in [0.4, 0.5) is 0 Å². The van der Waals surface area contributed by atoms with E-state index in [1.54, 1.807) is 0 Å². The fourth-order valence-electron chi connectivity index (χ4n) is 4.51. The molecule has 0 saturated heterocycles. The normalized spacial score (nSPS) is 11.3. The molecule has 0 bridgehead atoms. The van der Waals surface area contributed by atoms with Gasteiger partial charge in [-0.25, -0.2) is 0 Å². The van der Waals surface area contributed by atoms with Gasteiger partial charge in [-0.1, -0.05) is 84.4 Å². The van der Waals surface area contributed by atoms with E-state index in [9.17, 15) is 0 Å². The first-order valence-corrected chi connectivity index (χ1v) is 11.1. The van der Waals surface area contributed by atoms with Crippen molar-refractivity contribution in [3.8, 4) is 27.9 Å². The molecule has 1 heterocycles. The zero-order chi connectivity index (χ0) is 21.5. The van der Waals surface area contributed by atoms with Crippen LogP contribution in [0.1, 0.15) is 0 Å². The van der Waals surface area contributed by atoms with Gasteiger partial charge in [0.1, 0.15) is 0 Å². The molecule has 0 aliphatic carbocycles. The van der Waals surface area contributed by atoms with Gasteiger partial charge in [0.15, 0.2) is 0 Å². The van der Waals surface area contributed by atoms with Gasteiger partial charge in [-0.15, -0.1) is 0 Å². The van der Waals surface area contributed by atoms with Crippen LogP contribution in [0.3, 0.4) is 0 Å². The number of aromatic nitrogens is 1. The van der Waals surface area contributed by atoms with Gasteiger partial charge in [0.05, 0.1) is 11.0 Å². The van der Waals surface area contributed by atoms with Crippen LogP contribution in [0.25, 0.3) is 49.7 Å². The first kappa shape index (κ1) is 18.9. The van der Waals surface area contributed by atoms with Gasteiger partial charge in [-0.2, -0.15) is 0 Å². The average Bonchev–Trinajstić information content (AvgIpc) is 3.18. The maximum Gasteiger partial charge on any atom is 0.0541 e. The minimum absolute atomic E-state index is 0.753. The van der Waals surface area contributed by atoms with Crippen LogP contribution >= 0.6 is 11.6 Å². The largest absolute Gasteiger partial charge is 0.309 e. The number of halogens is 1. The van der Waals surface area contributed by atoms with Crippen molar-refractivity contribution in [1.82, 2.24) is 4.57 Å². The molecule has 0 N–H and O–H groups in total. The van der Waals surface area contributed by atoms with Crippen LogP contribution in [0.5, 0.6) is 0 Å².